The molecule has 0 N–H and O–H groups in total. The molecule has 0 bridgehead atoms. The van der Waals surface area contributed by atoms with Crippen LogP contribution in [0.4, 0.5) is 0 Å². The Bertz CT molecular complexity index is 1260. The lowest BCUT2D eigenvalue weighted by atomic mass is 10.1. The third-order valence-electron chi connectivity index (χ3n) is 4.77. The minimum Gasteiger partial charge on any atom is -0.481 e. The number of benzene rings is 3. The Hall–Kier alpha value is -2.75. The van der Waals surface area contributed by atoms with Gasteiger partial charge >= 0.3 is 0 Å². The average Bonchev–Trinajstić information content (AvgIpc) is 2.70. The summed E-state index contributed by atoms with van der Waals surface area (Å²) in [6.07, 6.45) is 0. The molecule has 0 aliphatic carbocycles. The van der Waals surface area contributed by atoms with Gasteiger partial charge in [-0.3, -0.25) is 4.79 Å². The van der Waals surface area contributed by atoms with E-state index in [1.807, 2.05) is 56.3 Å². The zero-order chi connectivity index (χ0) is 20.5. The zero-order valence-corrected chi connectivity index (χ0v) is 17.5. The highest BCUT2D eigenvalue weighted by molar-refractivity contribution is 6.32. The number of halogens is 2. The first-order valence-corrected chi connectivity index (χ1v) is 9.90. The maximum Gasteiger partial charge on any atom is 0.235 e. The molecular weight excluding hydrogens is 407 g/mol. The van der Waals surface area contributed by atoms with Crippen molar-refractivity contribution in [2.45, 2.75) is 20.5 Å². The topological polar surface area (TPSA) is 39.4 Å². The molecule has 0 radical (unpaired) electrons. The van der Waals surface area contributed by atoms with Crippen LogP contribution in [0.1, 0.15) is 16.7 Å². The van der Waals surface area contributed by atoms with Crippen molar-refractivity contribution < 1.29 is 9.15 Å². The van der Waals surface area contributed by atoms with E-state index in [2.05, 4.69) is 0 Å². The van der Waals surface area contributed by atoms with E-state index in [9.17, 15) is 4.79 Å². The summed E-state index contributed by atoms with van der Waals surface area (Å²) in [4.78, 5) is 13.3. The van der Waals surface area contributed by atoms with Gasteiger partial charge in [-0.2, -0.15) is 0 Å². The molecule has 0 saturated carbocycles. The summed E-state index contributed by atoms with van der Waals surface area (Å²) in [6.45, 7) is 4.02. The van der Waals surface area contributed by atoms with E-state index < -0.39 is 0 Å². The Labute approximate surface area is 178 Å². The molecule has 29 heavy (non-hydrogen) atoms. The molecule has 1 aromatic heterocycles. The molecule has 0 aliphatic heterocycles. The van der Waals surface area contributed by atoms with Gasteiger partial charge in [-0.1, -0.05) is 71.2 Å². The molecule has 3 nitrogen and oxygen atoms in total. The van der Waals surface area contributed by atoms with Crippen LogP contribution >= 0.6 is 23.2 Å². The summed E-state index contributed by atoms with van der Waals surface area (Å²) in [5.74, 6) is 0.525. The molecule has 0 amide bonds. The van der Waals surface area contributed by atoms with Crippen LogP contribution in [0.5, 0.6) is 5.75 Å². The highest BCUT2D eigenvalue weighted by Gasteiger charge is 2.19. The van der Waals surface area contributed by atoms with Gasteiger partial charge in [0.15, 0.2) is 5.76 Å². The highest BCUT2D eigenvalue weighted by Crippen LogP contribution is 2.33. The smallest absolute Gasteiger partial charge is 0.235 e. The van der Waals surface area contributed by atoms with E-state index in [0.29, 0.717) is 26.8 Å². The highest BCUT2D eigenvalue weighted by atomic mass is 35.5. The van der Waals surface area contributed by atoms with Crippen LogP contribution in [0.15, 0.2) is 69.9 Å². The number of rotatable bonds is 4. The van der Waals surface area contributed by atoms with Crippen LogP contribution in [-0.4, -0.2) is 0 Å². The number of aryl methyl sites for hydroxylation is 2. The van der Waals surface area contributed by atoms with E-state index >= 15 is 0 Å². The third-order valence-corrected chi connectivity index (χ3v) is 5.55. The van der Waals surface area contributed by atoms with Crippen LogP contribution in [0.3, 0.4) is 0 Å². The fourth-order valence-electron chi connectivity index (χ4n) is 3.09. The zero-order valence-electron chi connectivity index (χ0n) is 16.0. The maximum absolute atomic E-state index is 13.3. The Balaban J connectivity index is 1.89. The molecule has 5 heteroatoms. The summed E-state index contributed by atoms with van der Waals surface area (Å²) in [7, 11) is 0. The fourth-order valence-corrected chi connectivity index (χ4v) is 3.44. The molecule has 4 aromatic rings. The van der Waals surface area contributed by atoms with Gasteiger partial charge in [0.25, 0.3) is 0 Å². The Morgan fingerprint density at radius 2 is 1.66 bits per heavy atom. The molecule has 1 heterocycles. The third kappa shape index (κ3) is 3.89. The lowest BCUT2D eigenvalue weighted by Crippen LogP contribution is -2.10. The van der Waals surface area contributed by atoms with E-state index in [4.69, 9.17) is 32.4 Å². The Kier molecular flexibility index (Phi) is 5.35. The molecule has 0 atom stereocenters. The van der Waals surface area contributed by atoms with Gasteiger partial charge in [-0.05, 0) is 37.6 Å². The molecular formula is C24H18Cl2O3. The van der Waals surface area contributed by atoms with E-state index in [1.165, 1.54) is 0 Å². The number of ether oxygens (including phenoxy) is 1. The monoisotopic (exact) mass is 424 g/mol. The van der Waals surface area contributed by atoms with Crippen molar-refractivity contribution in [3.8, 4) is 17.1 Å². The molecule has 0 saturated heterocycles. The molecule has 0 spiro atoms. The quantitative estimate of drug-likeness (QED) is 0.355. The van der Waals surface area contributed by atoms with Crippen LogP contribution in [-0.2, 0) is 6.61 Å². The van der Waals surface area contributed by atoms with Gasteiger partial charge in [0.1, 0.15) is 12.2 Å². The second-order valence-corrected chi connectivity index (χ2v) is 7.75. The standard InChI is InChI=1S/C24H18Cl2O3/c1-14-7-9-16(10-8-14)23-24(28-13-17-5-3-4-6-19(17)25)22(27)18-12-20(26)15(2)11-21(18)29-23/h3-12H,13H2,1-2H3. The van der Waals surface area contributed by atoms with Crippen LogP contribution in [0.2, 0.25) is 10.0 Å². The first kappa shape index (κ1) is 19.6. The van der Waals surface area contributed by atoms with Crippen LogP contribution in [0, 0.1) is 13.8 Å². The second-order valence-electron chi connectivity index (χ2n) is 6.93. The molecule has 0 aliphatic rings. The van der Waals surface area contributed by atoms with Crippen LogP contribution in [0.25, 0.3) is 22.3 Å². The van der Waals surface area contributed by atoms with Gasteiger partial charge in [-0.15, -0.1) is 0 Å². The van der Waals surface area contributed by atoms with Crippen molar-refractivity contribution in [3.63, 3.8) is 0 Å². The van der Waals surface area contributed by atoms with E-state index in [1.54, 1.807) is 18.2 Å². The van der Waals surface area contributed by atoms with Gasteiger partial charge in [-0.25, -0.2) is 0 Å². The minimum atomic E-state index is -0.268. The molecule has 0 fully saturated rings. The first-order valence-electron chi connectivity index (χ1n) is 9.14. The van der Waals surface area contributed by atoms with Crippen molar-refractivity contribution in [3.05, 3.63) is 97.6 Å². The van der Waals surface area contributed by atoms with Crippen molar-refractivity contribution in [2.24, 2.45) is 0 Å². The summed E-state index contributed by atoms with van der Waals surface area (Å²) in [5, 5.41) is 1.46. The average molecular weight is 425 g/mol. The molecule has 4 rings (SSSR count). The van der Waals surface area contributed by atoms with Crippen LogP contribution < -0.4 is 10.2 Å². The van der Waals surface area contributed by atoms with Gasteiger partial charge in [0, 0.05) is 21.2 Å². The molecule has 0 unspecified atom stereocenters. The lowest BCUT2D eigenvalue weighted by Gasteiger charge is -2.13. The van der Waals surface area contributed by atoms with Crippen molar-refractivity contribution in [2.75, 3.05) is 0 Å². The minimum absolute atomic E-state index is 0.140. The second kappa shape index (κ2) is 7.94. The first-order chi connectivity index (χ1) is 13.9. The predicted octanol–water partition coefficient (Wildman–Crippen LogP) is 6.96. The summed E-state index contributed by atoms with van der Waals surface area (Å²) < 4.78 is 12.1. The number of fused-ring (bicyclic) bond motifs is 1. The van der Waals surface area contributed by atoms with Gasteiger partial charge < -0.3 is 9.15 Å². The van der Waals surface area contributed by atoms with E-state index in [-0.39, 0.29) is 17.8 Å². The SMILES string of the molecule is Cc1ccc(-c2oc3cc(C)c(Cl)cc3c(=O)c2OCc2ccccc2Cl)cc1. The van der Waals surface area contributed by atoms with E-state index in [0.717, 1.165) is 22.3 Å². The van der Waals surface area contributed by atoms with Crippen molar-refractivity contribution in [1.29, 1.82) is 0 Å². The Morgan fingerprint density at radius 3 is 2.38 bits per heavy atom. The van der Waals surface area contributed by atoms with Gasteiger partial charge in [0.05, 0.1) is 5.39 Å². The molecule has 146 valence electrons. The maximum atomic E-state index is 13.3. The summed E-state index contributed by atoms with van der Waals surface area (Å²) in [5.41, 5.74) is 3.69. The normalized spacial score (nSPS) is 11.0. The fraction of sp³-hybridized carbons (Fsp3) is 0.125. The largest absolute Gasteiger partial charge is 0.481 e. The van der Waals surface area contributed by atoms with Crippen molar-refractivity contribution >= 4 is 34.2 Å². The summed E-state index contributed by atoms with van der Waals surface area (Å²) >= 11 is 12.5. The predicted molar refractivity (Wildman–Crippen MR) is 118 cm³/mol. The number of hydrogen-bond donors (Lipinski definition) is 0. The number of hydrogen-bond acceptors (Lipinski definition) is 3. The lowest BCUT2D eigenvalue weighted by molar-refractivity contribution is 0.298. The molecule has 3 aromatic carbocycles. The summed E-state index contributed by atoms with van der Waals surface area (Å²) in [6, 6.07) is 18.5. The Morgan fingerprint density at radius 1 is 0.931 bits per heavy atom. The van der Waals surface area contributed by atoms with Crippen molar-refractivity contribution in [1.82, 2.24) is 0 Å². The van der Waals surface area contributed by atoms with Gasteiger partial charge in [0.2, 0.25) is 11.2 Å².